The summed E-state index contributed by atoms with van der Waals surface area (Å²) in [4.78, 5) is 38.4. The molecule has 0 N–H and O–H groups in total. The van der Waals surface area contributed by atoms with Crippen LogP contribution in [0.1, 0.15) is 361 Å². The van der Waals surface area contributed by atoms with Gasteiger partial charge in [0.05, 0.1) is 0 Å². The van der Waals surface area contributed by atoms with Gasteiger partial charge >= 0.3 is 17.9 Å². The van der Waals surface area contributed by atoms with Crippen LogP contribution in [0.2, 0.25) is 0 Å². The molecule has 0 aromatic carbocycles. The zero-order valence-electron chi connectivity index (χ0n) is 49.9. The first-order valence-corrected chi connectivity index (χ1v) is 33.0. The van der Waals surface area contributed by atoms with E-state index in [1.165, 1.54) is 244 Å². The van der Waals surface area contributed by atoms with Crippen molar-refractivity contribution in [3.63, 3.8) is 0 Å². The second kappa shape index (κ2) is 63.2. The molecule has 1 atom stereocenters. The van der Waals surface area contributed by atoms with Gasteiger partial charge in [-0.1, -0.05) is 320 Å². The maximum Gasteiger partial charge on any atom is 0.306 e. The van der Waals surface area contributed by atoms with E-state index in [-0.39, 0.29) is 31.1 Å². The lowest BCUT2D eigenvalue weighted by molar-refractivity contribution is -0.167. The van der Waals surface area contributed by atoms with Crippen molar-refractivity contribution in [1.82, 2.24) is 0 Å². The summed E-state index contributed by atoms with van der Waals surface area (Å²) in [6.45, 7) is 6.67. The molecule has 0 radical (unpaired) electrons. The van der Waals surface area contributed by atoms with Crippen molar-refractivity contribution in [3.8, 4) is 0 Å². The Labute approximate surface area is 461 Å². The fourth-order valence-electron chi connectivity index (χ4n) is 9.92. The highest BCUT2D eigenvalue weighted by Crippen LogP contribution is 2.18. The topological polar surface area (TPSA) is 78.9 Å². The lowest BCUT2D eigenvalue weighted by Crippen LogP contribution is -2.30. The largest absolute Gasteiger partial charge is 0.462 e. The standard InChI is InChI=1S/C68H126O6/c1-4-7-10-13-16-19-22-25-28-31-33-34-36-37-40-43-46-49-52-55-58-61-67(70)73-64-65(63-72-66(69)60-57-54-51-48-45-42-39-30-27-24-21-18-15-12-9-6-3)74-68(71)62-59-56-53-50-47-44-41-38-35-32-29-26-23-20-17-14-11-8-5-2/h17,20,26,29,35,38,65H,4-16,18-19,21-25,27-28,30-34,36-37,39-64H2,1-3H3/b20-17-,29-26-,38-35-. The van der Waals surface area contributed by atoms with Gasteiger partial charge in [-0.25, -0.2) is 0 Å². The summed E-state index contributed by atoms with van der Waals surface area (Å²) in [6, 6.07) is 0. The van der Waals surface area contributed by atoms with Crippen molar-refractivity contribution in [2.24, 2.45) is 0 Å². The molecular weight excluding hydrogens is 913 g/mol. The second-order valence-electron chi connectivity index (χ2n) is 22.4. The quantitative estimate of drug-likeness (QED) is 0.0261. The lowest BCUT2D eigenvalue weighted by atomic mass is 10.0. The third-order valence-electron chi connectivity index (χ3n) is 14.9. The molecule has 6 nitrogen and oxygen atoms in total. The Morgan fingerprint density at radius 1 is 0.270 bits per heavy atom. The number of hydrogen-bond acceptors (Lipinski definition) is 6. The smallest absolute Gasteiger partial charge is 0.306 e. The summed E-state index contributed by atoms with van der Waals surface area (Å²) < 4.78 is 17.0. The van der Waals surface area contributed by atoms with Gasteiger partial charge in [-0.05, 0) is 57.8 Å². The summed E-state index contributed by atoms with van der Waals surface area (Å²) in [5.41, 5.74) is 0. The molecule has 0 spiro atoms. The van der Waals surface area contributed by atoms with Gasteiger partial charge in [0.25, 0.3) is 0 Å². The molecule has 0 amide bonds. The van der Waals surface area contributed by atoms with E-state index in [0.29, 0.717) is 19.3 Å². The molecule has 1 unspecified atom stereocenters. The van der Waals surface area contributed by atoms with E-state index in [9.17, 15) is 14.4 Å². The molecule has 434 valence electrons. The van der Waals surface area contributed by atoms with Crippen molar-refractivity contribution in [2.45, 2.75) is 367 Å². The summed E-state index contributed by atoms with van der Waals surface area (Å²) in [7, 11) is 0. The van der Waals surface area contributed by atoms with E-state index in [1.54, 1.807) is 0 Å². The van der Waals surface area contributed by atoms with Crippen molar-refractivity contribution in [2.75, 3.05) is 13.2 Å². The van der Waals surface area contributed by atoms with Crippen LogP contribution in [0, 0.1) is 0 Å². The lowest BCUT2D eigenvalue weighted by Gasteiger charge is -2.18. The van der Waals surface area contributed by atoms with Gasteiger partial charge in [-0.15, -0.1) is 0 Å². The molecule has 0 saturated heterocycles. The molecule has 0 bridgehead atoms. The Morgan fingerprint density at radius 2 is 0.486 bits per heavy atom. The molecule has 0 aromatic heterocycles. The minimum Gasteiger partial charge on any atom is -0.462 e. The zero-order chi connectivity index (χ0) is 53.6. The first-order chi connectivity index (χ1) is 36.5. The van der Waals surface area contributed by atoms with E-state index in [0.717, 1.165) is 77.0 Å². The Balaban J connectivity index is 4.33. The van der Waals surface area contributed by atoms with Crippen LogP contribution in [-0.2, 0) is 28.6 Å². The van der Waals surface area contributed by atoms with Crippen LogP contribution in [0.3, 0.4) is 0 Å². The Kier molecular flexibility index (Phi) is 61.1. The van der Waals surface area contributed by atoms with Gasteiger partial charge in [-0.2, -0.15) is 0 Å². The molecule has 0 heterocycles. The third kappa shape index (κ3) is 60.5. The van der Waals surface area contributed by atoms with Crippen LogP contribution < -0.4 is 0 Å². The maximum atomic E-state index is 12.9. The van der Waals surface area contributed by atoms with Crippen molar-refractivity contribution < 1.29 is 28.6 Å². The Hall–Kier alpha value is -2.37. The molecule has 0 fully saturated rings. The van der Waals surface area contributed by atoms with E-state index in [1.807, 2.05) is 0 Å². The highest BCUT2D eigenvalue weighted by atomic mass is 16.6. The molecule has 74 heavy (non-hydrogen) atoms. The Morgan fingerprint density at radius 3 is 0.784 bits per heavy atom. The minimum absolute atomic E-state index is 0.0720. The van der Waals surface area contributed by atoms with Crippen LogP contribution in [0.25, 0.3) is 0 Å². The fourth-order valence-corrected chi connectivity index (χ4v) is 9.92. The number of rotatable bonds is 61. The van der Waals surface area contributed by atoms with Crippen molar-refractivity contribution in [3.05, 3.63) is 36.5 Å². The van der Waals surface area contributed by atoms with E-state index < -0.39 is 6.10 Å². The van der Waals surface area contributed by atoms with Crippen LogP contribution in [0.4, 0.5) is 0 Å². The van der Waals surface area contributed by atoms with Crippen molar-refractivity contribution in [1.29, 1.82) is 0 Å². The minimum atomic E-state index is -0.776. The van der Waals surface area contributed by atoms with E-state index >= 15 is 0 Å². The number of ether oxygens (including phenoxy) is 3. The first-order valence-electron chi connectivity index (χ1n) is 33.0. The van der Waals surface area contributed by atoms with E-state index in [4.69, 9.17) is 14.2 Å². The average molecular weight is 1040 g/mol. The predicted molar refractivity (Wildman–Crippen MR) is 321 cm³/mol. The molecule has 0 aliphatic carbocycles. The highest BCUT2D eigenvalue weighted by molar-refractivity contribution is 5.71. The molecule has 0 saturated carbocycles. The molecule has 0 rings (SSSR count). The molecule has 0 aromatic rings. The normalized spacial score (nSPS) is 12.2. The van der Waals surface area contributed by atoms with Gasteiger partial charge in [0.15, 0.2) is 6.10 Å². The van der Waals surface area contributed by atoms with Gasteiger partial charge < -0.3 is 14.2 Å². The summed E-state index contributed by atoms with van der Waals surface area (Å²) >= 11 is 0. The van der Waals surface area contributed by atoms with Gasteiger partial charge in [-0.3, -0.25) is 14.4 Å². The zero-order valence-corrected chi connectivity index (χ0v) is 49.9. The third-order valence-corrected chi connectivity index (χ3v) is 14.9. The SMILES string of the molecule is CCCCC/C=C\C/C=C\C/C=C\CCCCCCCCC(=O)OC(COC(=O)CCCCCCCCCCCCCCCCCC)COC(=O)CCCCCCCCCCCCCCCCCCCCCCC. The molecular formula is C68H126O6. The molecule has 0 aliphatic rings. The summed E-state index contributed by atoms with van der Waals surface area (Å²) in [6.07, 6.45) is 77.2. The van der Waals surface area contributed by atoms with Crippen molar-refractivity contribution >= 4 is 17.9 Å². The number of esters is 3. The number of carbonyl (C=O) groups excluding carboxylic acids is 3. The van der Waals surface area contributed by atoms with Gasteiger partial charge in [0.2, 0.25) is 0 Å². The van der Waals surface area contributed by atoms with Crippen LogP contribution in [-0.4, -0.2) is 37.2 Å². The van der Waals surface area contributed by atoms with Crippen LogP contribution in [0.15, 0.2) is 36.5 Å². The number of hydrogen-bond donors (Lipinski definition) is 0. The highest BCUT2D eigenvalue weighted by Gasteiger charge is 2.19. The van der Waals surface area contributed by atoms with Crippen LogP contribution >= 0.6 is 0 Å². The Bertz CT molecular complexity index is 1240. The average Bonchev–Trinajstić information content (AvgIpc) is 3.40. The number of unbranched alkanes of at least 4 members (excludes halogenated alkanes) is 44. The van der Waals surface area contributed by atoms with Gasteiger partial charge in [0, 0.05) is 19.3 Å². The second-order valence-corrected chi connectivity index (χ2v) is 22.4. The molecule has 0 aliphatic heterocycles. The summed E-state index contributed by atoms with van der Waals surface area (Å²) in [5.74, 6) is -0.857. The van der Waals surface area contributed by atoms with Crippen LogP contribution in [0.5, 0.6) is 0 Å². The number of allylic oxidation sites excluding steroid dienone is 6. The molecule has 6 heteroatoms. The fraction of sp³-hybridized carbons (Fsp3) is 0.868. The van der Waals surface area contributed by atoms with E-state index in [2.05, 4.69) is 57.2 Å². The monoisotopic (exact) mass is 1040 g/mol. The first kappa shape index (κ1) is 71.6. The van der Waals surface area contributed by atoms with Gasteiger partial charge in [0.1, 0.15) is 13.2 Å². The maximum absolute atomic E-state index is 12.9. The predicted octanol–water partition coefficient (Wildman–Crippen LogP) is 22.4. The number of carbonyl (C=O) groups is 3. The summed E-state index contributed by atoms with van der Waals surface area (Å²) in [5, 5.41) is 0.